The molecule has 6 heteroatoms. The van der Waals surface area contributed by atoms with Crippen molar-refractivity contribution in [3.05, 3.63) is 45.7 Å². The van der Waals surface area contributed by atoms with Crippen LogP contribution < -0.4 is 11.0 Å². The van der Waals surface area contributed by atoms with Crippen LogP contribution >= 0.6 is 11.6 Å². The Bertz CT molecular complexity index is 751. The highest BCUT2D eigenvalue weighted by molar-refractivity contribution is 6.30. The van der Waals surface area contributed by atoms with Gasteiger partial charge in [0.15, 0.2) is 0 Å². The van der Waals surface area contributed by atoms with Gasteiger partial charge >= 0.3 is 0 Å². The van der Waals surface area contributed by atoms with Crippen LogP contribution in [-0.2, 0) is 0 Å². The number of hydrazone groups is 1. The smallest absolute Gasteiger partial charge is 0.252 e. The minimum atomic E-state index is -0.220. The molecule has 1 saturated carbocycles. The molecule has 2 aromatic rings. The lowest BCUT2D eigenvalue weighted by atomic mass is 10.1. The Balaban J connectivity index is 1.84. The number of rotatable bonds is 3. The molecule has 0 aliphatic heterocycles. The molecule has 1 heterocycles. The average molecular weight is 317 g/mol. The summed E-state index contributed by atoms with van der Waals surface area (Å²) in [6.07, 6.45) is 3.15. The second-order valence-corrected chi connectivity index (χ2v) is 6.06. The highest BCUT2D eigenvalue weighted by atomic mass is 35.5. The quantitative estimate of drug-likeness (QED) is 0.849. The van der Waals surface area contributed by atoms with Gasteiger partial charge in [-0.05, 0) is 37.3 Å². The number of hydrogen-bond acceptors (Lipinski definition) is 4. The molecule has 114 valence electrons. The molecule has 1 aromatic carbocycles. The van der Waals surface area contributed by atoms with Crippen LogP contribution in [0.2, 0.25) is 5.02 Å². The number of aromatic nitrogens is 2. The monoisotopic (exact) mass is 316 g/mol. The minimum Gasteiger partial charge on any atom is -0.291 e. The molecule has 0 bridgehead atoms. The molecule has 1 aliphatic rings. The lowest BCUT2D eigenvalue weighted by molar-refractivity contribution is 0.623. The fraction of sp³-hybridized carbons (Fsp3) is 0.312. The molecule has 0 spiro atoms. The lowest BCUT2D eigenvalue weighted by Gasteiger charge is -2.05. The van der Waals surface area contributed by atoms with Gasteiger partial charge in [0, 0.05) is 22.4 Å². The number of nitrogens with one attached hydrogen (secondary N) is 2. The fourth-order valence-electron chi connectivity index (χ4n) is 2.53. The van der Waals surface area contributed by atoms with Crippen LogP contribution in [-0.4, -0.2) is 15.7 Å². The Morgan fingerprint density at radius 1 is 1.36 bits per heavy atom. The van der Waals surface area contributed by atoms with Gasteiger partial charge in [-0.2, -0.15) is 5.10 Å². The molecule has 1 aromatic heterocycles. The molecule has 22 heavy (non-hydrogen) atoms. The number of aromatic amines is 1. The topological polar surface area (TPSA) is 70.1 Å². The average Bonchev–Trinajstić information content (AvgIpc) is 2.91. The summed E-state index contributed by atoms with van der Waals surface area (Å²) >= 11 is 5.88. The molecule has 1 aliphatic carbocycles. The van der Waals surface area contributed by atoms with Gasteiger partial charge in [0.1, 0.15) is 0 Å². The maximum absolute atomic E-state index is 11.8. The molecule has 5 nitrogen and oxygen atoms in total. The van der Waals surface area contributed by atoms with E-state index < -0.39 is 0 Å². The van der Waals surface area contributed by atoms with E-state index in [1.165, 1.54) is 6.07 Å². The Morgan fingerprint density at radius 3 is 2.82 bits per heavy atom. The molecule has 1 unspecified atom stereocenters. The van der Waals surface area contributed by atoms with Crippen molar-refractivity contribution in [2.45, 2.75) is 26.2 Å². The summed E-state index contributed by atoms with van der Waals surface area (Å²) in [6, 6.07) is 8.66. The molecule has 1 fully saturated rings. The maximum Gasteiger partial charge on any atom is 0.252 e. The molecule has 0 radical (unpaired) electrons. The molecular weight excluding hydrogens is 300 g/mol. The van der Waals surface area contributed by atoms with Gasteiger partial charge in [0.25, 0.3) is 5.56 Å². The van der Waals surface area contributed by atoms with Gasteiger partial charge in [0.2, 0.25) is 5.95 Å². The van der Waals surface area contributed by atoms with E-state index in [4.69, 9.17) is 11.6 Å². The van der Waals surface area contributed by atoms with E-state index in [0.717, 1.165) is 30.5 Å². The predicted octanol–water partition coefficient (Wildman–Crippen LogP) is 3.68. The largest absolute Gasteiger partial charge is 0.291 e. The summed E-state index contributed by atoms with van der Waals surface area (Å²) < 4.78 is 0. The van der Waals surface area contributed by atoms with Crippen molar-refractivity contribution in [3.8, 4) is 11.3 Å². The van der Waals surface area contributed by atoms with Crippen molar-refractivity contribution < 1.29 is 0 Å². The van der Waals surface area contributed by atoms with Gasteiger partial charge in [0.05, 0.1) is 5.69 Å². The third kappa shape index (κ3) is 3.54. The van der Waals surface area contributed by atoms with Gasteiger partial charge in [-0.15, -0.1) is 0 Å². The molecule has 0 amide bonds. The molecule has 1 atom stereocenters. The van der Waals surface area contributed by atoms with Crippen LogP contribution in [0.4, 0.5) is 5.95 Å². The zero-order valence-corrected chi connectivity index (χ0v) is 13.0. The number of hydrogen-bond donors (Lipinski definition) is 2. The highest BCUT2D eigenvalue weighted by Gasteiger charge is 2.16. The minimum absolute atomic E-state index is 0.220. The van der Waals surface area contributed by atoms with Crippen molar-refractivity contribution in [2.75, 3.05) is 5.43 Å². The third-order valence-corrected chi connectivity index (χ3v) is 3.96. The first kappa shape index (κ1) is 14.8. The van der Waals surface area contributed by atoms with Crippen LogP contribution in [0.25, 0.3) is 11.3 Å². The van der Waals surface area contributed by atoms with Crippen molar-refractivity contribution in [1.82, 2.24) is 9.97 Å². The van der Waals surface area contributed by atoms with Crippen LogP contribution in [0.3, 0.4) is 0 Å². The molecule has 2 N–H and O–H groups in total. The lowest BCUT2D eigenvalue weighted by Crippen LogP contribution is -2.11. The zero-order valence-electron chi connectivity index (χ0n) is 12.3. The molecule has 0 saturated heterocycles. The predicted molar refractivity (Wildman–Crippen MR) is 89.4 cm³/mol. The van der Waals surface area contributed by atoms with E-state index in [-0.39, 0.29) is 5.56 Å². The number of benzene rings is 1. The summed E-state index contributed by atoms with van der Waals surface area (Å²) in [6.45, 7) is 2.21. The first-order chi connectivity index (χ1) is 10.6. The van der Waals surface area contributed by atoms with E-state index in [1.54, 1.807) is 12.1 Å². The Hall–Kier alpha value is -2.14. The number of anilines is 1. The van der Waals surface area contributed by atoms with E-state index in [2.05, 4.69) is 27.4 Å². The van der Waals surface area contributed by atoms with E-state index in [9.17, 15) is 4.79 Å². The zero-order chi connectivity index (χ0) is 15.5. The number of halogens is 1. The van der Waals surface area contributed by atoms with E-state index in [0.29, 0.717) is 22.6 Å². The van der Waals surface area contributed by atoms with Crippen LogP contribution in [0.5, 0.6) is 0 Å². The first-order valence-corrected chi connectivity index (χ1v) is 7.67. The van der Waals surface area contributed by atoms with Crippen LogP contribution in [0.1, 0.15) is 26.2 Å². The summed E-state index contributed by atoms with van der Waals surface area (Å²) in [4.78, 5) is 18.8. The molecule has 3 rings (SSSR count). The summed E-state index contributed by atoms with van der Waals surface area (Å²) in [5, 5.41) is 4.99. The van der Waals surface area contributed by atoms with E-state index >= 15 is 0 Å². The fourth-order valence-corrected chi connectivity index (χ4v) is 2.66. The van der Waals surface area contributed by atoms with Crippen LogP contribution in [0.15, 0.2) is 40.2 Å². The summed E-state index contributed by atoms with van der Waals surface area (Å²) in [7, 11) is 0. The van der Waals surface area contributed by atoms with Crippen molar-refractivity contribution >= 4 is 23.3 Å². The standard InChI is InChI=1S/C16H17ClN4O/c1-10-2-7-13(8-10)20-21-16-18-14(9-15(22)19-16)11-3-5-12(17)6-4-11/h3-6,9-10H,2,7-8H2,1H3,(H2,18,19,21,22)/b20-13-. The second kappa shape index (κ2) is 6.32. The van der Waals surface area contributed by atoms with Gasteiger partial charge in [-0.25, -0.2) is 10.4 Å². The highest BCUT2D eigenvalue weighted by Crippen LogP contribution is 2.22. The van der Waals surface area contributed by atoms with E-state index in [1.807, 2.05) is 12.1 Å². The number of nitrogens with zero attached hydrogens (tertiary/aromatic N) is 2. The van der Waals surface area contributed by atoms with Crippen molar-refractivity contribution in [3.63, 3.8) is 0 Å². The van der Waals surface area contributed by atoms with Crippen molar-refractivity contribution in [2.24, 2.45) is 11.0 Å². The third-order valence-electron chi connectivity index (χ3n) is 3.71. The Morgan fingerprint density at radius 2 is 2.14 bits per heavy atom. The summed E-state index contributed by atoms with van der Waals surface area (Å²) in [5.74, 6) is 1.03. The van der Waals surface area contributed by atoms with Crippen LogP contribution in [0, 0.1) is 5.92 Å². The first-order valence-electron chi connectivity index (χ1n) is 7.29. The maximum atomic E-state index is 11.8. The Labute approximate surface area is 133 Å². The Kier molecular flexibility index (Phi) is 4.24. The summed E-state index contributed by atoms with van der Waals surface area (Å²) in [5.41, 5.74) is 5.18. The van der Waals surface area contributed by atoms with Gasteiger partial charge < -0.3 is 0 Å². The number of H-pyrrole nitrogens is 1. The van der Waals surface area contributed by atoms with Crippen molar-refractivity contribution in [1.29, 1.82) is 0 Å². The van der Waals surface area contributed by atoms with Gasteiger partial charge in [-0.1, -0.05) is 30.7 Å². The van der Waals surface area contributed by atoms with Gasteiger partial charge in [-0.3, -0.25) is 9.78 Å². The second-order valence-electron chi connectivity index (χ2n) is 5.62. The molecular formula is C16H17ClN4O. The normalized spacial score (nSPS) is 19.5. The SMILES string of the molecule is CC1CC/C(=N/Nc2nc(-c3ccc(Cl)cc3)cc(=O)[nH]2)C1.